The number of halogens is 1. The van der Waals surface area contributed by atoms with Crippen LogP contribution >= 0.6 is 11.6 Å². The second kappa shape index (κ2) is 5.34. The zero-order chi connectivity index (χ0) is 11.4. The predicted molar refractivity (Wildman–Crippen MR) is 62.5 cm³/mol. The minimum atomic E-state index is 0.174. The van der Waals surface area contributed by atoms with E-state index in [1.807, 2.05) is 11.1 Å². The van der Waals surface area contributed by atoms with E-state index in [0.717, 1.165) is 31.8 Å². The van der Waals surface area contributed by atoms with Crippen LogP contribution in [0.3, 0.4) is 0 Å². The number of H-pyrrole nitrogens is 1. The van der Waals surface area contributed by atoms with E-state index >= 15 is 0 Å². The number of likely N-dealkylation sites (tertiary alicyclic amines) is 1. The van der Waals surface area contributed by atoms with Gasteiger partial charge in [-0.05, 0) is 12.8 Å². The van der Waals surface area contributed by atoms with Crippen molar-refractivity contribution < 1.29 is 4.79 Å². The monoisotopic (exact) mass is 241 g/mol. The number of imidazole rings is 1. The molecule has 0 spiro atoms. The lowest BCUT2D eigenvalue weighted by Crippen LogP contribution is -2.38. The molecule has 1 amide bonds. The van der Waals surface area contributed by atoms with Gasteiger partial charge in [0.25, 0.3) is 0 Å². The van der Waals surface area contributed by atoms with Gasteiger partial charge in [-0.1, -0.05) is 0 Å². The maximum atomic E-state index is 11.6. The van der Waals surface area contributed by atoms with Gasteiger partial charge in [-0.2, -0.15) is 0 Å². The Bertz CT molecular complexity index is 331. The van der Waals surface area contributed by atoms with Crippen molar-refractivity contribution in [1.82, 2.24) is 14.9 Å². The molecule has 0 bridgehead atoms. The van der Waals surface area contributed by atoms with E-state index in [1.54, 1.807) is 6.20 Å². The molecule has 1 fully saturated rings. The first-order valence-corrected chi connectivity index (χ1v) is 6.17. The number of piperidine rings is 1. The lowest BCUT2D eigenvalue weighted by molar-refractivity contribution is -0.131. The summed E-state index contributed by atoms with van der Waals surface area (Å²) in [5, 5.41) is 0. The van der Waals surface area contributed by atoms with Gasteiger partial charge in [0.05, 0.1) is 0 Å². The normalized spacial score (nSPS) is 17.7. The van der Waals surface area contributed by atoms with Crippen molar-refractivity contribution in [2.24, 2.45) is 0 Å². The summed E-state index contributed by atoms with van der Waals surface area (Å²) in [4.78, 5) is 20.9. The highest BCUT2D eigenvalue weighted by atomic mass is 35.5. The fraction of sp³-hybridized carbons (Fsp3) is 0.636. The van der Waals surface area contributed by atoms with Gasteiger partial charge in [0.15, 0.2) is 0 Å². The Balaban J connectivity index is 1.85. The Hall–Kier alpha value is -1.03. The highest BCUT2D eigenvalue weighted by molar-refractivity contribution is 6.18. The number of aromatic amines is 1. The summed E-state index contributed by atoms with van der Waals surface area (Å²) in [7, 11) is 0. The maximum absolute atomic E-state index is 11.6. The molecule has 0 saturated carbocycles. The molecule has 1 aromatic heterocycles. The van der Waals surface area contributed by atoms with E-state index in [-0.39, 0.29) is 5.91 Å². The van der Waals surface area contributed by atoms with Gasteiger partial charge in [0.2, 0.25) is 5.91 Å². The molecular weight excluding hydrogens is 226 g/mol. The van der Waals surface area contributed by atoms with Crippen LogP contribution in [-0.4, -0.2) is 39.7 Å². The lowest BCUT2D eigenvalue weighted by atomic mass is 9.96. The first-order chi connectivity index (χ1) is 7.81. The van der Waals surface area contributed by atoms with Crippen LogP contribution < -0.4 is 0 Å². The SMILES string of the molecule is O=C(CCCl)N1CCC(c2ncc[nH]2)CC1. The van der Waals surface area contributed by atoms with Crippen LogP contribution in [0.15, 0.2) is 12.4 Å². The zero-order valence-electron chi connectivity index (χ0n) is 9.16. The van der Waals surface area contributed by atoms with E-state index in [9.17, 15) is 4.79 Å². The Morgan fingerprint density at radius 2 is 2.31 bits per heavy atom. The third kappa shape index (κ3) is 2.55. The molecule has 0 radical (unpaired) electrons. The van der Waals surface area contributed by atoms with Crippen LogP contribution in [0, 0.1) is 0 Å². The fourth-order valence-corrected chi connectivity index (χ4v) is 2.30. The van der Waals surface area contributed by atoms with Crippen molar-refractivity contribution in [2.75, 3.05) is 19.0 Å². The quantitative estimate of drug-likeness (QED) is 0.820. The molecule has 5 heteroatoms. The van der Waals surface area contributed by atoms with Crippen molar-refractivity contribution >= 4 is 17.5 Å². The van der Waals surface area contributed by atoms with Crippen molar-refractivity contribution in [3.63, 3.8) is 0 Å². The summed E-state index contributed by atoms with van der Waals surface area (Å²) in [5.74, 6) is 2.10. The molecule has 4 nitrogen and oxygen atoms in total. The van der Waals surface area contributed by atoms with Crippen LogP contribution in [0.25, 0.3) is 0 Å². The van der Waals surface area contributed by atoms with Crippen molar-refractivity contribution in [3.8, 4) is 0 Å². The van der Waals surface area contributed by atoms with Gasteiger partial charge < -0.3 is 9.88 Å². The molecular formula is C11H16ClN3O. The number of alkyl halides is 1. The first-order valence-electron chi connectivity index (χ1n) is 5.64. The summed E-state index contributed by atoms with van der Waals surface area (Å²) in [5.41, 5.74) is 0. The number of hydrogen-bond donors (Lipinski definition) is 1. The average molecular weight is 242 g/mol. The van der Waals surface area contributed by atoms with Crippen LogP contribution in [0.5, 0.6) is 0 Å². The number of amides is 1. The molecule has 0 unspecified atom stereocenters. The molecule has 1 aliphatic heterocycles. The minimum Gasteiger partial charge on any atom is -0.348 e. The first kappa shape index (κ1) is 11.5. The van der Waals surface area contributed by atoms with Gasteiger partial charge in [0.1, 0.15) is 5.82 Å². The lowest BCUT2D eigenvalue weighted by Gasteiger charge is -2.31. The summed E-state index contributed by atoms with van der Waals surface area (Å²) >= 11 is 5.56. The number of nitrogens with zero attached hydrogens (tertiary/aromatic N) is 2. The Labute approximate surface area is 100.0 Å². The van der Waals surface area contributed by atoms with E-state index in [2.05, 4.69) is 9.97 Å². The molecule has 1 aliphatic rings. The van der Waals surface area contributed by atoms with Gasteiger partial charge >= 0.3 is 0 Å². The van der Waals surface area contributed by atoms with Crippen LogP contribution in [-0.2, 0) is 4.79 Å². The van der Waals surface area contributed by atoms with Gasteiger partial charge in [-0.15, -0.1) is 11.6 Å². The minimum absolute atomic E-state index is 0.174. The largest absolute Gasteiger partial charge is 0.348 e. The molecule has 0 aliphatic carbocycles. The number of hydrogen-bond acceptors (Lipinski definition) is 2. The third-order valence-electron chi connectivity index (χ3n) is 3.06. The fourth-order valence-electron chi connectivity index (χ4n) is 2.14. The molecule has 2 heterocycles. The summed E-state index contributed by atoms with van der Waals surface area (Å²) in [6.45, 7) is 1.64. The molecule has 88 valence electrons. The van der Waals surface area contributed by atoms with Gasteiger partial charge in [-0.3, -0.25) is 4.79 Å². The maximum Gasteiger partial charge on any atom is 0.223 e. The average Bonchev–Trinajstić information content (AvgIpc) is 2.83. The Morgan fingerprint density at radius 3 is 2.88 bits per heavy atom. The highest BCUT2D eigenvalue weighted by Crippen LogP contribution is 2.25. The summed E-state index contributed by atoms with van der Waals surface area (Å²) in [6, 6.07) is 0. The highest BCUT2D eigenvalue weighted by Gasteiger charge is 2.24. The Kier molecular flexibility index (Phi) is 3.83. The van der Waals surface area contributed by atoms with Crippen LogP contribution in [0.1, 0.15) is 31.0 Å². The topological polar surface area (TPSA) is 49.0 Å². The molecule has 2 rings (SSSR count). The molecule has 1 saturated heterocycles. The number of aromatic nitrogens is 2. The predicted octanol–water partition coefficient (Wildman–Crippen LogP) is 1.74. The number of carbonyl (C=O) groups is 1. The second-order valence-electron chi connectivity index (χ2n) is 4.07. The molecule has 1 aromatic rings. The Morgan fingerprint density at radius 1 is 1.56 bits per heavy atom. The van der Waals surface area contributed by atoms with Crippen molar-refractivity contribution in [2.45, 2.75) is 25.2 Å². The van der Waals surface area contributed by atoms with Gasteiger partial charge in [-0.25, -0.2) is 4.98 Å². The number of carbonyl (C=O) groups excluding carboxylic acids is 1. The summed E-state index contributed by atoms with van der Waals surface area (Å²) in [6.07, 6.45) is 6.05. The van der Waals surface area contributed by atoms with Crippen LogP contribution in [0.4, 0.5) is 0 Å². The van der Waals surface area contributed by atoms with Crippen LogP contribution in [0.2, 0.25) is 0 Å². The standard InChI is InChI=1S/C11H16ClN3O/c12-4-1-10(16)15-7-2-9(3-8-15)11-13-5-6-14-11/h5-6,9H,1-4,7-8H2,(H,13,14). The van der Waals surface area contributed by atoms with Crippen molar-refractivity contribution in [1.29, 1.82) is 0 Å². The molecule has 0 atom stereocenters. The third-order valence-corrected chi connectivity index (χ3v) is 3.25. The van der Waals surface area contributed by atoms with E-state index < -0.39 is 0 Å². The van der Waals surface area contributed by atoms with Gasteiger partial charge in [0, 0.05) is 43.7 Å². The molecule has 16 heavy (non-hydrogen) atoms. The zero-order valence-corrected chi connectivity index (χ0v) is 9.91. The van der Waals surface area contributed by atoms with E-state index in [0.29, 0.717) is 18.2 Å². The smallest absolute Gasteiger partial charge is 0.223 e. The molecule has 0 aromatic carbocycles. The number of rotatable bonds is 3. The van der Waals surface area contributed by atoms with Crippen molar-refractivity contribution in [3.05, 3.63) is 18.2 Å². The number of nitrogens with one attached hydrogen (secondary N) is 1. The molecule has 1 N–H and O–H groups in total. The second-order valence-corrected chi connectivity index (χ2v) is 4.45. The van der Waals surface area contributed by atoms with E-state index in [1.165, 1.54) is 0 Å². The summed E-state index contributed by atoms with van der Waals surface area (Å²) < 4.78 is 0. The van der Waals surface area contributed by atoms with E-state index in [4.69, 9.17) is 11.6 Å².